The number of rotatable bonds is 5. The van der Waals surface area contributed by atoms with Crippen molar-refractivity contribution in [3.05, 3.63) is 46.2 Å². The van der Waals surface area contributed by atoms with Crippen LogP contribution in [0.4, 0.5) is 11.6 Å². The highest BCUT2D eigenvalue weighted by Gasteiger charge is 2.15. The number of halogens is 2. The molecular weight excluding hydrogens is 323 g/mol. The van der Waals surface area contributed by atoms with Gasteiger partial charge in [0.05, 0.1) is 15.7 Å². The molecule has 2 aromatic rings. The second-order valence-corrected chi connectivity index (χ2v) is 5.25. The van der Waals surface area contributed by atoms with Crippen LogP contribution in [0.3, 0.4) is 0 Å². The fraction of sp³-hybridized carbons (Fsp3) is 0.267. The molecule has 22 heavy (non-hydrogen) atoms. The van der Waals surface area contributed by atoms with Gasteiger partial charge < -0.3 is 10.2 Å². The van der Waals surface area contributed by atoms with E-state index in [2.05, 4.69) is 15.3 Å². The standard InChI is InChI=1S/C15H16Cl2N4O/c1-3-21(4-2)14(22)12-8-9-18-15(20-12)19-11-7-5-6-10(16)13(11)17/h5-9H,3-4H2,1-2H3,(H,18,19,20). The lowest BCUT2D eigenvalue weighted by Gasteiger charge is -2.18. The van der Waals surface area contributed by atoms with Gasteiger partial charge in [-0.2, -0.15) is 0 Å². The van der Waals surface area contributed by atoms with E-state index in [1.807, 2.05) is 13.8 Å². The molecule has 0 atom stereocenters. The number of carbonyl (C=O) groups is 1. The number of hydrogen-bond donors (Lipinski definition) is 1. The van der Waals surface area contributed by atoms with E-state index >= 15 is 0 Å². The normalized spacial score (nSPS) is 10.4. The number of aromatic nitrogens is 2. The summed E-state index contributed by atoms with van der Waals surface area (Å²) in [6.07, 6.45) is 1.53. The average molecular weight is 339 g/mol. The highest BCUT2D eigenvalue weighted by molar-refractivity contribution is 6.43. The highest BCUT2D eigenvalue weighted by Crippen LogP contribution is 2.30. The van der Waals surface area contributed by atoms with Crippen molar-refractivity contribution in [3.63, 3.8) is 0 Å². The highest BCUT2D eigenvalue weighted by atomic mass is 35.5. The van der Waals surface area contributed by atoms with Gasteiger partial charge in [-0.1, -0.05) is 29.3 Å². The Bertz CT molecular complexity index is 674. The van der Waals surface area contributed by atoms with E-state index in [9.17, 15) is 4.79 Å². The predicted molar refractivity (Wildman–Crippen MR) is 89.0 cm³/mol. The van der Waals surface area contributed by atoms with Crippen LogP contribution in [0.1, 0.15) is 24.3 Å². The maximum atomic E-state index is 12.3. The van der Waals surface area contributed by atoms with E-state index in [1.165, 1.54) is 6.20 Å². The first-order chi connectivity index (χ1) is 10.6. The van der Waals surface area contributed by atoms with Crippen molar-refractivity contribution < 1.29 is 4.79 Å². The molecule has 2 rings (SSSR count). The Hall–Kier alpha value is -1.85. The maximum Gasteiger partial charge on any atom is 0.272 e. The van der Waals surface area contributed by atoms with Crippen LogP contribution in [0, 0.1) is 0 Å². The van der Waals surface area contributed by atoms with Gasteiger partial charge in [0.15, 0.2) is 0 Å². The molecule has 1 heterocycles. The minimum atomic E-state index is -0.132. The molecule has 0 saturated carbocycles. The van der Waals surface area contributed by atoms with Crippen LogP contribution in [-0.2, 0) is 0 Å². The van der Waals surface area contributed by atoms with Crippen molar-refractivity contribution in [2.45, 2.75) is 13.8 Å². The van der Waals surface area contributed by atoms with Gasteiger partial charge in [-0.3, -0.25) is 4.79 Å². The second-order valence-electron chi connectivity index (χ2n) is 4.47. The van der Waals surface area contributed by atoms with Crippen LogP contribution in [0.15, 0.2) is 30.5 Å². The maximum absolute atomic E-state index is 12.3. The van der Waals surface area contributed by atoms with Crippen molar-refractivity contribution in [3.8, 4) is 0 Å². The van der Waals surface area contributed by atoms with E-state index in [0.717, 1.165) is 0 Å². The summed E-state index contributed by atoms with van der Waals surface area (Å²) in [5.74, 6) is 0.162. The summed E-state index contributed by atoms with van der Waals surface area (Å²) in [5.41, 5.74) is 0.918. The van der Waals surface area contributed by atoms with Gasteiger partial charge >= 0.3 is 0 Å². The third-order valence-corrected chi connectivity index (χ3v) is 3.94. The Morgan fingerprint density at radius 3 is 2.64 bits per heavy atom. The summed E-state index contributed by atoms with van der Waals surface area (Å²) in [7, 11) is 0. The first kappa shape index (κ1) is 16.5. The molecule has 0 radical (unpaired) electrons. The lowest BCUT2D eigenvalue weighted by molar-refractivity contribution is 0.0767. The molecule has 0 fully saturated rings. The van der Waals surface area contributed by atoms with Crippen molar-refractivity contribution in [2.24, 2.45) is 0 Å². The molecule has 0 saturated heterocycles. The van der Waals surface area contributed by atoms with Crippen molar-refractivity contribution >= 4 is 40.7 Å². The zero-order chi connectivity index (χ0) is 16.1. The molecule has 7 heteroatoms. The van der Waals surface area contributed by atoms with E-state index < -0.39 is 0 Å². The molecule has 1 aromatic carbocycles. The second kappa shape index (κ2) is 7.42. The fourth-order valence-electron chi connectivity index (χ4n) is 1.93. The Morgan fingerprint density at radius 1 is 1.23 bits per heavy atom. The predicted octanol–water partition coefficient (Wildman–Crippen LogP) is 4.01. The average Bonchev–Trinajstić information content (AvgIpc) is 2.53. The minimum Gasteiger partial charge on any atom is -0.338 e. The molecule has 1 N–H and O–H groups in total. The number of nitrogens with one attached hydrogen (secondary N) is 1. The van der Waals surface area contributed by atoms with E-state index in [1.54, 1.807) is 29.2 Å². The summed E-state index contributed by atoms with van der Waals surface area (Å²) < 4.78 is 0. The third kappa shape index (κ3) is 3.67. The fourth-order valence-corrected chi connectivity index (χ4v) is 2.28. The van der Waals surface area contributed by atoms with Crippen molar-refractivity contribution in [2.75, 3.05) is 18.4 Å². The van der Waals surface area contributed by atoms with E-state index in [0.29, 0.717) is 40.5 Å². The van der Waals surface area contributed by atoms with Crippen LogP contribution in [-0.4, -0.2) is 33.9 Å². The monoisotopic (exact) mass is 338 g/mol. The topological polar surface area (TPSA) is 58.1 Å². The molecule has 0 spiro atoms. The van der Waals surface area contributed by atoms with Gasteiger partial charge in [0.1, 0.15) is 5.69 Å². The smallest absolute Gasteiger partial charge is 0.272 e. The van der Waals surface area contributed by atoms with Crippen LogP contribution in [0.5, 0.6) is 0 Å². The van der Waals surface area contributed by atoms with E-state index in [4.69, 9.17) is 23.2 Å². The van der Waals surface area contributed by atoms with Crippen molar-refractivity contribution in [1.29, 1.82) is 0 Å². The number of anilines is 2. The minimum absolute atomic E-state index is 0.132. The number of amides is 1. The molecule has 116 valence electrons. The SMILES string of the molecule is CCN(CC)C(=O)c1ccnc(Nc2cccc(Cl)c2Cl)n1. The Morgan fingerprint density at radius 2 is 1.95 bits per heavy atom. The number of benzene rings is 1. The first-order valence-electron chi connectivity index (χ1n) is 6.90. The van der Waals surface area contributed by atoms with Crippen LogP contribution >= 0.6 is 23.2 Å². The van der Waals surface area contributed by atoms with E-state index in [-0.39, 0.29) is 5.91 Å². The summed E-state index contributed by atoms with van der Waals surface area (Å²) in [4.78, 5) is 22.3. The summed E-state index contributed by atoms with van der Waals surface area (Å²) >= 11 is 12.1. The molecule has 1 amide bonds. The molecular formula is C15H16Cl2N4O. The first-order valence-corrected chi connectivity index (χ1v) is 7.65. The van der Waals surface area contributed by atoms with Crippen LogP contribution in [0.25, 0.3) is 0 Å². The summed E-state index contributed by atoms with van der Waals surface area (Å²) in [6, 6.07) is 6.81. The lowest BCUT2D eigenvalue weighted by Crippen LogP contribution is -2.31. The molecule has 0 aliphatic rings. The van der Waals surface area contributed by atoms with Crippen LogP contribution in [0.2, 0.25) is 10.0 Å². The number of carbonyl (C=O) groups excluding carboxylic acids is 1. The number of hydrogen-bond acceptors (Lipinski definition) is 4. The molecule has 0 bridgehead atoms. The molecule has 0 aliphatic heterocycles. The van der Waals surface area contributed by atoms with Gasteiger partial charge in [-0.05, 0) is 32.0 Å². The zero-order valence-corrected chi connectivity index (χ0v) is 13.8. The molecule has 0 unspecified atom stereocenters. The zero-order valence-electron chi connectivity index (χ0n) is 12.3. The van der Waals surface area contributed by atoms with Gasteiger partial charge in [0, 0.05) is 19.3 Å². The molecule has 0 aliphatic carbocycles. The van der Waals surface area contributed by atoms with Gasteiger partial charge in [-0.15, -0.1) is 0 Å². The molecule has 5 nitrogen and oxygen atoms in total. The van der Waals surface area contributed by atoms with Crippen LogP contribution < -0.4 is 5.32 Å². The largest absolute Gasteiger partial charge is 0.338 e. The number of nitrogens with zero attached hydrogens (tertiary/aromatic N) is 3. The van der Waals surface area contributed by atoms with Crippen molar-refractivity contribution in [1.82, 2.24) is 14.9 Å². The van der Waals surface area contributed by atoms with Gasteiger partial charge in [0.2, 0.25) is 5.95 Å². The van der Waals surface area contributed by atoms with Gasteiger partial charge in [-0.25, -0.2) is 9.97 Å². The third-order valence-electron chi connectivity index (χ3n) is 3.12. The Balaban J connectivity index is 2.25. The Labute approximate surface area is 139 Å². The lowest BCUT2D eigenvalue weighted by atomic mass is 10.3. The quantitative estimate of drug-likeness (QED) is 0.894. The molecule has 1 aromatic heterocycles. The summed E-state index contributed by atoms with van der Waals surface area (Å²) in [5, 5.41) is 3.79. The van der Waals surface area contributed by atoms with Gasteiger partial charge in [0.25, 0.3) is 5.91 Å². The Kier molecular flexibility index (Phi) is 5.57. The summed E-state index contributed by atoms with van der Waals surface area (Å²) in [6.45, 7) is 5.10.